The van der Waals surface area contributed by atoms with Gasteiger partial charge in [0.1, 0.15) is 11.9 Å². The van der Waals surface area contributed by atoms with Crippen molar-refractivity contribution in [3.05, 3.63) is 29.8 Å². The van der Waals surface area contributed by atoms with Crippen LogP contribution in [0.5, 0.6) is 5.75 Å². The smallest absolute Gasteiger partial charge is 0.240 e. The highest BCUT2D eigenvalue weighted by molar-refractivity contribution is 5.82. The van der Waals surface area contributed by atoms with Crippen molar-refractivity contribution in [1.82, 2.24) is 9.80 Å². The molecule has 2 aliphatic heterocycles. The number of carbonyl (C=O) groups is 1. The molecule has 2 heterocycles. The minimum absolute atomic E-state index is 0.0707. The molecule has 0 spiro atoms. The Bertz CT molecular complexity index is 540. The van der Waals surface area contributed by atoms with Crippen LogP contribution in [0.2, 0.25) is 0 Å². The molecular weight excluding hydrogens is 288 g/mol. The fourth-order valence-corrected chi connectivity index (χ4v) is 3.56. The van der Waals surface area contributed by atoms with Crippen molar-refractivity contribution >= 4 is 5.91 Å². The summed E-state index contributed by atoms with van der Waals surface area (Å²) in [7, 11) is 2.08. The molecule has 0 N–H and O–H groups in total. The predicted octanol–water partition coefficient (Wildman–Crippen LogP) is 2.71. The molecule has 4 nitrogen and oxygen atoms in total. The van der Waals surface area contributed by atoms with E-state index in [1.54, 1.807) is 0 Å². The summed E-state index contributed by atoms with van der Waals surface area (Å²) in [5.74, 6) is 1.26. The van der Waals surface area contributed by atoms with Gasteiger partial charge < -0.3 is 9.64 Å². The molecule has 0 bridgehead atoms. The van der Waals surface area contributed by atoms with E-state index in [1.165, 1.54) is 24.8 Å². The Balaban J connectivity index is 1.53. The number of aryl methyl sites for hydroxylation is 1. The SMILES string of the molecule is CCc1ccccc1OC1CN(C(=O)C2CCCCCN2C)C1. The lowest BCUT2D eigenvalue weighted by molar-refractivity contribution is -0.145. The quantitative estimate of drug-likeness (QED) is 0.856. The third kappa shape index (κ3) is 3.69. The van der Waals surface area contributed by atoms with Gasteiger partial charge in [0.25, 0.3) is 0 Å². The minimum atomic E-state index is 0.0707. The van der Waals surface area contributed by atoms with Crippen LogP contribution in [0.4, 0.5) is 0 Å². The van der Waals surface area contributed by atoms with E-state index in [1.807, 2.05) is 23.1 Å². The number of rotatable bonds is 4. The van der Waals surface area contributed by atoms with Crippen molar-refractivity contribution < 1.29 is 9.53 Å². The maximum Gasteiger partial charge on any atom is 0.240 e. The van der Waals surface area contributed by atoms with Crippen LogP contribution in [0.1, 0.15) is 38.2 Å². The van der Waals surface area contributed by atoms with Crippen LogP contribution in [0, 0.1) is 0 Å². The molecule has 0 radical (unpaired) electrons. The average molecular weight is 316 g/mol. The van der Waals surface area contributed by atoms with Crippen LogP contribution in [-0.2, 0) is 11.2 Å². The van der Waals surface area contributed by atoms with Crippen molar-refractivity contribution in [1.29, 1.82) is 0 Å². The molecule has 0 aliphatic carbocycles. The molecular formula is C19H28N2O2. The summed E-state index contributed by atoms with van der Waals surface area (Å²) in [5, 5.41) is 0. The number of hydrogen-bond donors (Lipinski definition) is 0. The van der Waals surface area contributed by atoms with E-state index in [0.717, 1.165) is 38.2 Å². The van der Waals surface area contributed by atoms with Crippen LogP contribution < -0.4 is 4.74 Å². The molecule has 2 fully saturated rings. The Morgan fingerprint density at radius 2 is 2.00 bits per heavy atom. The van der Waals surface area contributed by atoms with Crippen LogP contribution >= 0.6 is 0 Å². The minimum Gasteiger partial charge on any atom is -0.486 e. The Labute approximate surface area is 139 Å². The third-order valence-corrected chi connectivity index (χ3v) is 5.11. The largest absolute Gasteiger partial charge is 0.486 e. The highest BCUT2D eigenvalue weighted by atomic mass is 16.5. The zero-order valence-corrected chi connectivity index (χ0v) is 14.3. The lowest BCUT2D eigenvalue weighted by Gasteiger charge is -2.42. The molecule has 1 atom stereocenters. The van der Waals surface area contributed by atoms with E-state index in [9.17, 15) is 4.79 Å². The number of likely N-dealkylation sites (N-methyl/N-ethyl adjacent to an activating group) is 1. The van der Waals surface area contributed by atoms with E-state index >= 15 is 0 Å². The van der Waals surface area contributed by atoms with E-state index in [0.29, 0.717) is 0 Å². The summed E-state index contributed by atoms with van der Waals surface area (Å²) in [6.45, 7) is 4.62. The molecule has 1 unspecified atom stereocenters. The van der Waals surface area contributed by atoms with Gasteiger partial charge in [0, 0.05) is 0 Å². The van der Waals surface area contributed by atoms with Gasteiger partial charge in [-0.1, -0.05) is 38.0 Å². The van der Waals surface area contributed by atoms with E-state index in [-0.39, 0.29) is 18.1 Å². The summed E-state index contributed by atoms with van der Waals surface area (Å²) in [6, 6.07) is 8.27. The van der Waals surface area contributed by atoms with Crippen LogP contribution in [0.15, 0.2) is 24.3 Å². The van der Waals surface area contributed by atoms with Gasteiger partial charge in [0.2, 0.25) is 5.91 Å². The molecule has 0 saturated carbocycles. The predicted molar refractivity (Wildman–Crippen MR) is 91.7 cm³/mol. The normalized spacial score (nSPS) is 23.2. The van der Waals surface area contributed by atoms with Crippen molar-refractivity contribution in [2.45, 2.75) is 51.2 Å². The first-order chi connectivity index (χ1) is 11.2. The van der Waals surface area contributed by atoms with Gasteiger partial charge in [0.15, 0.2) is 0 Å². The topological polar surface area (TPSA) is 32.8 Å². The van der Waals surface area contributed by atoms with Crippen LogP contribution in [-0.4, -0.2) is 54.5 Å². The number of ether oxygens (including phenoxy) is 1. The Morgan fingerprint density at radius 3 is 2.78 bits per heavy atom. The summed E-state index contributed by atoms with van der Waals surface area (Å²) >= 11 is 0. The van der Waals surface area contributed by atoms with Crippen LogP contribution in [0.3, 0.4) is 0 Å². The second kappa shape index (κ2) is 7.35. The average Bonchev–Trinajstić information content (AvgIpc) is 2.74. The van der Waals surface area contributed by atoms with E-state index in [2.05, 4.69) is 24.9 Å². The van der Waals surface area contributed by atoms with Crippen LogP contribution in [0.25, 0.3) is 0 Å². The first-order valence-corrected chi connectivity index (χ1v) is 8.92. The monoisotopic (exact) mass is 316 g/mol. The highest BCUT2D eigenvalue weighted by Gasteiger charge is 2.37. The Hall–Kier alpha value is -1.55. The molecule has 126 valence electrons. The van der Waals surface area contributed by atoms with E-state index < -0.39 is 0 Å². The maximum absolute atomic E-state index is 12.7. The molecule has 0 aromatic heterocycles. The maximum atomic E-state index is 12.7. The second-order valence-electron chi connectivity index (χ2n) is 6.79. The number of benzene rings is 1. The summed E-state index contributed by atoms with van der Waals surface area (Å²) in [5.41, 5.74) is 1.24. The summed E-state index contributed by atoms with van der Waals surface area (Å²) in [6.07, 6.45) is 5.73. The van der Waals surface area contributed by atoms with E-state index in [4.69, 9.17) is 4.74 Å². The third-order valence-electron chi connectivity index (χ3n) is 5.11. The second-order valence-corrected chi connectivity index (χ2v) is 6.79. The molecule has 1 aromatic rings. The van der Waals surface area contributed by atoms with Gasteiger partial charge in [-0.2, -0.15) is 0 Å². The van der Waals surface area contributed by atoms with Gasteiger partial charge in [-0.05, 0) is 44.5 Å². The van der Waals surface area contributed by atoms with Gasteiger partial charge in [-0.15, -0.1) is 0 Å². The highest BCUT2D eigenvalue weighted by Crippen LogP contribution is 2.25. The lowest BCUT2D eigenvalue weighted by Crippen LogP contribution is -2.60. The van der Waals surface area contributed by atoms with Gasteiger partial charge in [0.05, 0.1) is 19.1 Å². The number of nitrogens with zero attached hydrogens (tertiary/aromatic N) is 2. The van der Waals surface area contributed by atoms with Crippen molar-refractivity contribution in [2.24, 2.45) is 0 Å². The lowest BCUT2D eigenvalue weighted by atomic mass is 10.0. The molecule has 2 saturated heterocycles. The molecule has 23 heavy (non-hydrogen) atoms. The molecule has 2 aliphatic rings. The number of likely N-dealkylation sites (tertiary alicyclic amines) is 2. The molecule has 3 rings (SSSR count). The number of carbonyl (C=O) groups excluding carboxylic acids is 1. The standard InChI is InChI=1S/C19H28N2O2/c1-3-15-9-6-7-11-18(15)23-16-13-21(14-16)19(22)17-10-5-4-8-12-20(17)2/h6-7,9,11,16-17H,3-5,8,10,12-14H2,1-2H3. The summed E-state index contributed by atoms with van der Waals surface area (Å²) in [4.78, 5) is 16.9. The van der Waals surface area contributed by atoms with Gasteiger partial charge in [-0.25, -0.2) is 0 Å². The number of amides is 1. The Kier molecular flexibility index (Phi) is 5.21. The van der Waals surface area contributed by atoms with Crippen molar-refractivity contribution in [3.63, 3.8) is 0 Å². The molecule has 1 amide bonds. The first-order valence-electron chi connectivity index (χ1n) is 8.92. The molecule has 4 heteroatoms. The number of hydrogen-bond acceptors (Lipinski definition) is 3. The fraction of sp³-hybridized carbons (Fsp3) is 0.632. The zero-order chi connectivity index (χ0) is 16.2. The number of para-hydroxylation sites is 1. The zero-order valence-electron chi connectivity index (χ0n) is 14.3. The van der Waals surface area contributed by atoms with Crippen molar-refractivity contribution in [3.8, 4) is 5.75 Å². The van der Waals surface area contributed by atoms with Crippen molar-refractivity contribution in [2.75, 3.05) is 26.7 Å². The Morgan fingerprint density at radius 1 is 1.22 bits per heavy atom. The first kappa shape index (κ1) is 16.3. The fourth-order valence-electron chi connectivity index (χ4n) is 3.56. The van der Waals surface area contributed by atoms with Gasteiger partial charge >= 0.3 is 0 Å². The van der Waals surface area contributed by atoms with Gasteiger partial charge in [-0.3, -0.25) is 9.69 Å². The summed E-state index contributed by atoms with van der Waals surface area (Å²) < 4.78 is 6.08. The molecule has 1 aromatic carbocycles.